The van der Waals surface area contributed by atoms with Crippen LogP contribution in [0.1, 0.15) is 26.7 Å². The van der Waals surface area contributed by atoms with Gasteiger partial charge in [-0.1, -0.05) is 0 Å². The number of hydrogen-bond acceptors (Lipinski definition) is 4. The molecule has 2 aliphatic heterocycles. The van der Waals surface area contributed by atoms with Crippen molar-refractivity contribution in [2.45, 2.75) is 51.1 Å². The molecule has 2 heterocycles. The summed E-state index contributed by atoms with van der Waals surface area (Å²) in [5, 5.41) is 0. The normalized spacial score (nSPS) is 28.8. The molecule has 0 aliphatic carbocycles. The monoisotopic (exact) mass is 338 g/mol. The number of likely N-dealkylation sites (tertiary alicyclic amines) is 1. The maximum Gasteiger partial charge on any atom is 0.422 e. The van der Waals surface area contributed by atoms with Gasteiger partial charge in [0.05, 0.1) is 12.2 Å². The molecule has 6 nitrogen and oxygen atoms in total. The highest BCUT2D eigenvalue weighted by Crippen LogP contribution is 2.23. The number of morpholine rings is 1. The summed E-state index contributed by atoms with van der Waals surface area (Å²) in [6, 6.07) is -0.756. The average molecular weight is 338 g/mol. The van der Waals surface area contributed by atoms with E-state index in [1.165, 1.54) is 0 Å². The molecule has 0 bridgehead atoms. The third-order valence-corrected chi connectivity index (χ3v) is 3.86. The third kappa shape index (κ3) is 4.73. The third-order valence-electron chi connectivity index (χ3n) is 3.86. The Bertz CT molecular complexity index is 448. The zero-order chi connectivity index (χ0) is 17.2. The molecule has 2 aliphatic rings. The van der Waals surface area contributed by atoms with E-state index in [4.69, 9.17) is 4.74 Å². The van der Waals surface area contributed by atoms with Crippen molar-refractivity contribution in [1.82, 2.24) is 9.80 Å². The lowest BCUT2D eigenvalue weighted by atomic mass is 10.1. The summed E-state index contributed by atoms with van der Waals surface area (Å²) in [6.45, 7) is 3.09. The van der Waals surface area contributed by atoms with Crippen LogP contribution in [0, 0.1) is 0 Å². The van der Waals surface area contributed by atoms with Crippen LogP contribution in [0.15, 0.2) is 0 Å². The van der Waals surface area contributed by atoms with Crippen molar-refractivity contribution in [3.8, 4) is 0 Å². The van der Waals surface area contributed by atoms with Gasteiger partial charge in [-0.25, -0.2) is 4.79 Å². The van der Waals surface area contributed by atoms with E-state index in [-0.39, 0.29) is 24.7 Å². The molecule has 132 valence electrons. The standard InChI is InChI=1S/C14H21F3N2O4/c1-9-6-18(7-10(2)23-9)12(20)11-4-3-5-19(11)13(21)22-8-14(15,16)17/h9-11H,3-8H2,1-2H3/t9-,10-,11+/m1/s1. The van der Waals surface area contributed by atoms with Gasteiger partial charge in [0.25, 0.3) is 0 Å². The van der Waals surface area contributed by atoms with Crippen molar-refractivity contribution >= 4 is 12.0 Å². The Balaban J connectivity index is 1.97. The van der Waals surface area contributed by atoms with Crippen LogP contribution in [0.3, 0.4) is 0 Å². The SMILES string of the molecule is C[C@@H]1CN(C(=O)[C@@H]2CCCN2C(=O)OCC(F)(F)F)C[C@@H](C)O1. The Hall–Kier alpha value is -1.51. The molecule has 0 aromatic carbocycles. The first-order valence-electron chi connectivity index (χ1n) is 7.62. The van der Waals surface area contributed by atoms with Crippen LogP contribution in [0.2, 0.25) is 0 Å². The molecule has 0 spiro atoms. The zero-order valence-electron chi connectivity index (χ0n) is 13.1. The molecular formula is C14H21F3N2O4. The maximum atomic E-state index is 12.6. The van der Waals surface area contributed by atoms with Gasteiger partial charge in [-0.3, -0.25) is 9.69 Å². The minimum absolute atomic E-state index is 0.116. The van der Waals surface area contributed by atoms with Crippen molar-refractivity contribution in [3.05, 3.63) is 0 Å². The Morgan fingerprint density at radius 2 is 1.83 bits per heavy atom. The van der Waals surface area contributed by atoms with E-state index in [1.54, 1.807) is 4.90 Å². The molecule has 0 saturated carbocycles. The number of halogens is 3. The number of hydrogen-bond donors (Lipinski definition) is 0. The van der Waals surface area contributed by atoms with Crippen molar-refractivity contribution in [3.63, 3.8) is 0 Å². The molecule has 0 aromatic rings. The average Bonchev–Trinajstić information content (AvgIpc) is 2.91. The molecule has 23 heavy (non-hydrogen) atoms. The fourth-order valence-corrected chi connectivity index (χ4v) is 3.04. The van der Waals surface area contributed by atoms with E-state index < -0.39 is 24.9 Å². The van der Waals surface area contributed by atoms with Crippen LogP contribution in [0.25, 0.3) is 0 Å². The largest absolute Gasteiger partial charge is 0.440 e. The summed E-state index contributed by atoms with van der Waals surface area (Å²) in [4.78, 5) is 27.1. The van der Waals surface area contributed by atoms with E-state index >= 15 is 0 Å². The zero-order valence-corrected chi connectivity index (χ0v) is 13.1. The molecule has 2 rings (SSSR count). The van der Waals surface area contributed by atoms with Gasteiger partial charge in [0.1, 0.15) is 6.04 Å². The lowest BCUT2D eigenvalue weighted by Crippen LogP contribution is -2.54. The highest BCUT2D eigenvalue weighted by Gasteiger charge is 2.40. The number of amides is 2. The van der Waals surface area contributed by atoms with Crippen LogP contribution < -0.4 is 0 Å². The lowest BCUT2D eigenvalue weighted by molar-refractivity contribution is -0.163. The van der Waals surface area contributed by atoms with Crippen LogP contribution in [0.5, 0.6) is 0 Å². The summed E-state index contributed by atoms with van der Waals surface area (Å²) in [5.74, 6) is -0.256. The van der Waals surface area contributed by atoms with Gasteiger partial charge in [0, 0.05) is 19.6 Å². The summed E-state index contributed by atoms with van der Waals surface area (Å²) >= 11 is 0. The Kier molecular flexibility index (Phi) is 5.38. The summed E-state index contributed by atoms with van der Waals surface area (Å²) in [6.07, 6.45) is -4.91. The molecule has 0 aromatic heterocycles. The molecular weight excluding hydrogens is 317 g/mol. The van der Waals surface area contributed by atoms with Gasteiger partial charge in [0.2, 0.25) is 5.91 Å². The van der Waals surface area contributed by atoms with Crippen molar-refractivity contribution in [2.24, 2.45) is 0 Å². The Morgan fingerprint density at radius 3 is 2.39 bits per heavy atom. The van der Waals surface area contributed by atoms with Gasteiger partial charge >= 0.3 is 12.3 Å². The van der Waals surface area contributed by atoms with E-state index in [1.807, 2.05) is 13.8 Å². The second-order valence-corrected chi connectivity index (χ2v) is 6.02. The van der Waals surface area contributed by atoms with E-state index in [2.05, 4.69) is 4.74 Å². The smallest absolute Gasteiger partial charge is 0.422 e. The molecule has 0 unspecified atom stereocenters. The summed E-state index contributed by atoms with van der Waals surface area (Å²) in [7, 11) is 0. The highest BCUT2D eigenvalue weighted by molar-refractivity contribution is 5.86. The first-order chi connectivity index (χ1) is 10.7. The quantitative estimate of drug-likeness (QED) is 0.770. The fraction of sp³-hybridized carbons (Fsp3) is 0.857. The van der Waals surface area contributed by atoms with Crippen LogP contribution in [-0.2, 0) is 14.3 Å². The number of carbonyl (C=O) groups excluding carboxylic acids is 2. The second-order valence-electron chi connectivity index (χ2n) is 6.02. The van der Waals surface area contributed by atoms with Gasteiger partial charge in [0.15, 0.2) is 6.61 Å². The minimum Gasteiger partial charge on any atom is -0.440 e. The number of nitrogens with zero attached hydrogens (tertiary/aromatic N) is 2. The lowest BCUT2D eigenvalue weighted by Gasteiger charge is -2.37. The number of ether oxygens (including phenoxy) is 2. The predicted molar refractivity (Wildman–Crippen MR) is 73.7 cm³/mol. The fourth-order valence-electron chi connectivity index (χ4n) is 3.04. The Labute approximate surface area is 132 Å². The van der Waals surface area contributed by atoms with Gasteiger partial charge in [-0.2, -0.15) is 13.2 Å². The second kappa shape index (κ2) is 6.94. The molecule has 9 heteroatoms. The first-order valence-corrected chi connectivity index (χ1v) is 7.62. The molecule has 2 saturated heterocycles. The summed E-state index contributed by atoms with van der Waals surface area (Å²) < 4.78 is 46.3. The number of carbonyl (C=O) groups is 2. The number of rotatable bonds is 2. The van der Waals surface area contributed by atoms with Crippen LogP contribution in [-0.4, -0.2) is 72.5 Å². The van der Waals surface area contributed by atoms with Crippen molar-refractivity contribution in [1.29, 1.82) is 0 Å². The van der Waals surface area contributed by atoms with Gasteiger partial charge in [-0.05, 0) is 26.7 Å². The van der Waals surface area contributed by atoms with E-state index in [9.17, 15) is 22.8 Å². The molecule has 0 radical (unpaired) electrons. The maximum absolute atomic E-state index is 12.6. The highest BCUT2D eigenvalue weighted by atomic mass is 19.4. The Morgan fingerprint density at radius 1 is 1.22 bits per heavy atom. The van der Waals surface area contributed by atoms with E-state index in [0.717, 1.165) is 4.90 Å². The van der Waals surface area contributed by atoms with Crippen molar-refractivity contribution < 1.29 is 32.2 Å². The molecule has 2 amide bonds. The first kappa shape index (κ1) is 17.8. The van der Waals surface area contributed by atoms with Crippen LogP contribution >= 0.6 is 0 Å². The molecule has 0 N–H and O–H groups in total. The topological polar surface area (TPSA) is 59.1 Å². The van der Waals surface area contributed by atoms with E-state index in [0.29, 0.717) is 25.9 Å². The van der Waals surface area contributed by atoms with Crippen molar-refractivity contribution in [2.75, 3.05) is 26.2 Å². The molecule has 2 fully saturated rings. The molecule has 3 atom stereocenters. The predicted octanol–water partition coefficient (Wildman–Crippen LogP) is 1.79. The minimum atomic E-state index is -4.58. The van der Waals surface area contributed by atoms with Gasteiger partial charge in [-0.15, -0.1) is 0 Å². The van der Waals surface area contributed by atoms with Crippen LogP contribution in [0.4, 0.5) is 18.0 Å². The van der Waals surface area contributed by atoms with Gasteiger partial charge < -0.3 is 14.4 Å². The summed E-state index contributed by atoms with van der Waals surface area (Å²) in [5.41, 5.74) is 0. The number of alkyl halides is 3.